The van der Waals surface area contributed by atoms with Gasteiger partial charge in [0.05, 0.1) is 0 Å². The van der Waals surface area contributed by atoms with Crippen molar-refractivity contribution in [2.45, 2.75) is 6.42 Å². The maximum absolute atomic E-state index is 11.6. The molecule has 0 aromatic carbocycles. The summed E-state index contributed by atoms with van der Waals surface area (Å²) >= 11 is 0. The van der Waals surface area contributed by atoms with Gasteiger partial charge in [0.1, 0.15) is 0 Å². The summed E-state index contributed by atoms with van der Waals surface area (Å²) in [6.45, 7) is 3.63. The van der Waals surface area contributed by atoms with Crippen LogP contribution in [0.5, 0.6) is 0 Å². The summed E-state index contributed by atoms with van der Waals surface area (Å²) in [6, 6.07) is -0.247. The third-order valence-corrected chi connectivity index (χ3v) is 2.32. The van der Waals surface area contributed by atoms with E-state index in [0.717, 1.165) is 26.2 Å². The van der Waals surface area contributed by atoms with Crippen molar-refractivity contribution in [3.05, 3.63) is 0 Å². The van der Waals surface area contributed by atoms with Gasteiger partial charge in [-0.3, -0.25) is 4.79 Å². The summed E-state index contributed by atoms with van der Waals surface area (Å²) in [4.78, 5) is 24.2. The second kappa shape index (κ2) is 6.23. The molecule has 1 rings (SSSR count). The van der Waals surface area contributed by atoms with Crippen LogP contribution in [0.4, 0.5) is 4.79 Å². The summed E-state index contributed by atoms with van der Waals surface area (Å²) < 4.78 is 0. The monoisotopic (exact) mass is 214 g/mol. The van der Waals surface area contributed by atoms with Crippen molar-refractivity contribution < 1.29 is 9.59 Å². The number of urea groups is 1. The molecule has 3 amide bonds. The molecule has 1 saturated heterocycles. The number of hydrogen-bond acceptors (Lipinski definition) is 3. The second-order valence-corrected chi connectivity index (χ2v) is 3.39. The first-order valence-corrected chi connectivity index (χ1v) is 5.18. The Morgan fingerprint density at radius 3 is 2.60 bits per heavy atom. The van der Waals surface area contributed by atoms with Crippen LogP contribution in [0.3, 0.4) is 0 Å². The molecule has 1 aliphatic rings. The zero-order valence-corrected chi connectivity index (χ0v) is 9.01. The van der Waals surface area contributed by atoms with Crippen LogP contribution in [0.1, 0.15) is 6.42 Å². The highest BCUT2D eigenvalue weighted by atomic mass is 16.2. The van der Waals surface area contributed by atoms with Crippen LogP contribution >= 0.6 is 0 Å². The molecule has 0 bridgehead atoms. The van der Waals surface area contributed by atoms with Gasteiger partial charge in [-0.15, -0.1) is 0 Å². The minimum atomic E-state index is -0.247. The first-order valence-electron chi connectivity index (χ1n) is 5.18. The van der Waals surface area contributed by atoms with E-state index in [1.807, 2.05) is 4.90 Å². The van der Waals surface area contributed by atoms with E-state index in [2.05, 4.69) is 16.0 Å². The summed E-state index contributed by atoms with van der Waals surface area (Å²) in [5, 5.41) is 8.20. The molecule has 15 heavy (non-hydrogen) atoms. The Balaban J connectivity index is 2.14. The predicted molar refractivity (Wildman–Crippen MR) is 56.5 cm³/mol. The number of nitrogens with one attached hydrogen (secondary N) is 3. The number of amides is 3. The van der Waals surface area contributed by atoms with Crippen LogP contribution in [0.15, 0.2) is 0 Å². The minimum Gasteiger partial charge on any atom is -0.341 e. The highest BCUT2D eigenvalue weighted by Gasteiger charge is 2.15. The zero-order chi connectivity index (χ0) is 11.1. The molecule has 0 aliphatic carbocycles. The molecular formula is C9H18N4O2. The SMILES string of the molecule is CNC(=O)NCCC(=O)N1CCNCC1. The van der Waals surface area contributed by atoms with E-state index in [0.29, 0.717) is 13.0 Å². The Labute approximate surface area is 89.4 Å². The van der Waals surface area contributed by atoms with Crippen LogP contribution in [-0.4, -0.2) is 56.6 Å². The minimum absolute atomic E-state index is 0.105. The number of piperazine rings is 1. The molecule has 86 valence electrons. The smallest absolute Gasteiger partial charge is 0.314 e. The molecule has 0 radical (unpaired) electrons. The molecular weight excluding hydrogens is 196 g/mol. The molecule has 1 fully saturated rings. The molecule has 6 nitrogen and oxygen atoms in total. The summed E-state index contributed by atoms with van der Waals surface area (Å²) in [5.41, 5.74) is 0. The topological polar surface area (TPSA) is 73.5 Å². The lowest BCUT2D eigenvalue weighted by Crippen LogP contribution is -2.47. The fraction of sp³-hybridized carbons (Fsp3) is 0.778. The van der Waals surface area contributed by atoms with Gasteiger partial charge in [0.25, 0.3) is 0 Å². The first-order chi connectivity index (χ1) is 7.24. The average Bonchev–Trinajstić information content (AvgIpc) is 2.29. The van der Waals surface area contributed by atoms with Gasteiger partial charge in [-0.1, -0.05) is 0 Å². The highest BCUT2D eigenvalue weighted by molar-refractivity contribution is 5.78. The summed E-state index contributed by atoms with van der Waals surface area (Å²) in [7, 11) is 1.55. The fourth-order valence-corrected chi connectivity index (χ4v) is 1.44. The molecule has 3 N–H and O–H groups in total. The molecule has 0 spiro atoms. The quantitative estimate of drug-likeness (QED) is 0.549. The van der Waals surface area contributed by atoms with Crippen LogP contribution in [-0.2, 0) is 4.79 Å². The Bertz CT molecular complexity index is 226. The van der Waals surface area contributed by atoms with Gasteiger partial charge in [0.15, 0.2) is 0 Å². The van der Waals surface area contributed by atoms with Crippen molar-refractivity contribution in [1.82, 2.24) is 20.9 Å². The van der Waals surface area contributed by atoms with E-state index >= 15 is 0 Å². The number of carbonyl (C=O) groups excluding carboxylic acids is 2. The average molecular weight is 214 g/mol. The lowest BCUT2D eigenvalue weighted by molar-refractivity contribution is -0.131. The summed E-state index contributed by atoms with van der Waals surface area (Å²) in [5.74, 6) is 0.105. The Hall–Kier alpha value is -1.30. The van der Waals surface area contributed by atoms with Gasteiger partial charge >= 0.3 is 6.03 Å². The highest BCUT2D eigenvalue weighted by Crippen LogP contribution is 1.95. The first kappa shape index (κ1) is 11.8. The molecule has 0 aromatic heterocycles. The maximum atomic E-state index is 11.6. The Morgan fingerprint density at radius 1 is 1.33 bits per heavy atom. The van der Waals surface area contributed by atoms with Gasteiger partial charge in [-0.25, -0.2) is 4.79 Å². The molecule has 6 heteroatoms. The van der Waals surface area contributed by atoms with Crippen molar-refractivity contribution in [1.29, 1.82) is 0 Å². The lowest BCUT2D eigenvalue weighted by Gasteiger charge is -2.27. The zero-order valence-electron chi connectivity index (χ0n) is 9.01. The number of rotatable bonds is 3. The predicted octanol–water partition coefficient (Wildman–Crippen LogP) is -1.26. The molecule has 0 saturated carbocycles. The Kier molecular flexibility index (Phi) is 4.89. The maximum Gasteiger partial charge on any atom is 0.314 e. The van der Waals surface area contributed by atoms with Crippen molar-refractivity contribution in [3.8, 4) is 0 Å². The standard InChI is InChI=1S/C9H18N4O2/c1-10-9(15)12-3-2-8(14)13-6-4-11-5-7-13/h11H,2-7H2,1H3,(H2,10,12,15). The van der Waals surface area contributed by atoms with Crippen LogP contribution in [0.2, 0.25) is 0 Å². The second-order valence-electron chi connectivity index (χ2n) is 3.39. The molecule has 0 atom stereocenters. The van der Waals surface area contributed by atoms with Gasteiger partial charge in [0, 0.05) is 46.2 Å². The van der Waals surface area contributed by atoms with E-state index in [-0.39, 0.29) is 11.9 Å². The molecule has 0 aromatic rings. The van der Waals surface area contributed by atoms with Gasteiger partial charge in [-0.2, -0.15) is 0 Å². The van der Waals surface area contributed by atoms with Crippen LogP contribution in [0, 0.1) is 0 Å². The lowest BCUT2D eigenvalue weighted by atomic mass is 10.3. The van der Waals surface area contributed by atoms with E-state index in [4.69, 9.17) is 0 Å². The van der Waals surface area contributed by atoms with Gasteiger partial charge < -0.3 is 20.9 Å². The molecule has 1 heterocycles. The van der Waals surface area contributed by atoms with E-state index in [1.54, 1.807) is 7.05 Å². The van der Waals surface area contributed by atoms with Crippen molar-refractivity contribution >= 4 is 11.9 Å². The fourth-order valence-electron chi connectivity index (χ4n) is 1.44. The van der Waals surface area contributed by atoms with Gasteiger partial charge in [-0.05, 0) is 0 Å². The number of hydrogen-bond donors (Lipinski definition) is 3. The number of carbonyl (C=O) groups is 2. The number of nitrogens with zero attached hydrogens (tertiary/aromatic N) is 1. The molecule has 1 aliphatic heterocycles. The van der Waals surface area contributed by atoms with Crippen molar-refractivity contribution in [2.75, 3.05) is 39.8 Å². The van der Waals surface area contributed by atoms with Crippen molar-refractivity contribution in [3.63, 3.8) is 0 Å². The molecule has 0 unspecified atom stereocenters. The van der Waals surface area contributed by atoms with Gasteiger partial charge in [0.2, 0.25) is 5.91 Å². The van der Waals surface area contributed by atoms with Crippen LogP contribution in [0.25, 0.3) is 0 Å². The summed E-state index contributed by atoms with van der Waals surface area (Å²) in [6.07, 6.45) is 0.368. The van der Waals surface area contributed by atoms with E-state index in [9.17, 15) is 9.59 Å². The Morgan fingerprint density at radius 2 is 2.00 bits per heavy atom. The normalized spacial score (nSPS) is 15.9. The third-order valence-electron chi connectivity index (χ3n) is 2.32. The van der Waals surface area contributed by atoms with E-state index in [1.165, 1.54) is 0 Å². The van der Waals surface area contributed by atoms with Crippen molar-refractivity contribution in [2.24, 2.45) is 0 Å². The van der Waals surface area contributed by atoms with E-state index < -0.39 is 0 Å². The third kappa shape index (κ3) is 4.16. The van der Waals surface area contributed by atoms with Crippen LogP contribution < -0.4 is 16.0 Å². The largest absolute Gasteiger partial charge is 0.341 e.